The lowest BCUT2D eigenvalue weighted by atomic mass is 10.0. The van der Waals surface area contributed by atoms with Gasteiger partial charge in [-0.05, 0) is 30.7 Å². The van der Waals surface area contributed by atoms with Crippen molar-refractivity contribution in [1.29, 1.82) is 0 Å². The standard InChI is InChI=1S/C18H16ClN3O4S2/c1-8-6-28-17-14(16(24)22(17)15(8)18(25)26)21-13(23)5-20-11-7-27-12-3-2-9(19)4-10(11)12/h2-4,7,14,17,20H,5-6H2,1H3,(H,21,23)(H,25,26)/t14?,17-/m0/s1. The molecule has 146 valence electrons. The number of amides is 2. The summed E-state index contributed by atoms with van der Waals surface area (Å²) in [5.41, 5.74) is 1.48. The third-order valence-electron chi connectivity index (χ3n) is 4.65. The maximum absolute atomic E-state index is 12.4. The fraction of sp³-hybridized carbons (Fsp3) is 0.278. The molecular weight excluding hydrogens is 422 g/mol. The predicted octanol–water partition coefficient (Wildman–Crippen LogP) is 2.73. The van der Waals surface area contributed by atoms with Gasteiger partial charge in [-0.1, -0.05) is 11.6 Å². The monoisotopic (exact) mass is 437 g/mol. The molecule has 0 radical (unpaired) electrons. The highest BCUT2D eigenvalue weighted by molar-refractivity contribution is 8.00. The summed E-state index contributed by atoms with van der Waals surface area (Å²) in [4.78, 5) is 37.4. The highest BCUT2D eigenvalue weighted by Crippen LogP contribution is 2.40. The number of carbonyl (C=O) groups is 3. The van der Waals surface area contributed by atoms with Crippen LogP contribution in [0.25, 0.3) is 10.1 Å². The molecule has 4 rings (SSSR count). The number of hydrogen-bond donors (Lipinski definition) is 3. The van der Waals surface area contributed by atoms with Gasteiger partial charge >= 0.3 is 5.97 Å². The van der Waals surface area contributed by atoms with Crippen molar-refractivity contribution in [2.45, 2.75) is 18.3 Å². The number of benzene rings is 1. The summed E-state index contributed by atoms with van der Waals surface area (Å²) < 4.78 is 1.05. The smallest absolute Gasteiger partial charge is 0.352 e. The maximum Gasteiger partial charge on any atom is 0.352 e. The number of hydrogen-bond acceptors (Lipinski definition) is 6. The van der Waals surface area contributed by atoms with Crippen molar-refractivity contribution >= 4 is 68.3 Å². The van der Waals surface area contributed by atoms with E-state index in [1.54, 1.807) is 18.3 Å². The van der Waals surface area contributed by atoms with Gasteiger partial charge in [0, 0.05) is 26.2 Å². The largest absolute Gasteiger partial charge is 0.477 e. The third kappa shape index (κ3) is 3.23. The zero-order chi connectivity index (χ0) is 20.0. The number of β-lactam (4-membered cyclic amide) rings is 1. The van der Waals surface area contributed by atoms with Gasteiger partial charge in [0.25, 0.3) is 5.91 Å². The highest BCUT2D eigenvalue weighted by atomic mass is 35.5. The number of carbonyl (C=O) groups excluding carboxylic acids is 2. The van der Waals surface area contributed by atoms with Crippen LogP contribution in [0.4, 0.5) is 5.69 Å². The molecule has 2 aliphatic rings. The average molecular weight is 438 g/mol. The second-order valence-electron chi connectivity index (χ2n) is 6.53. The second-order valence-corrected chi connectivity index (χ2v) is 8.99. The highest BCUT2D eigenvalue weighted by Gasteiger charge is 2.53. The Hall–Kier alpha value is -2.23. The number of rotatable bonds is 5. The Morgan fingerprint density at radius 2 is 2.18 bits per heavy atom. The third-order valence-corrected chi connectivity index (χ3v) is 7.28. The van der Waals surface area contributed by atoms with E-state index >= 15 is 0 Å². The number of thiophene rings is 1. The van der Waals surface area contributed by atoms with Gasteiger partial charge in [0.1, 0.15) is 17.1 Å². The minimum absolute atomic E-state index is 0.000167. The molecule has 2 amide bonds. The molecule has 7 nitrogen and oxygen atoms in total. The Morgan fingerprint density at radius 1 is 1.39 bits per heavy atom. The first-order chi connectivity index (χ1) is 13.4. The van der Waals surface area contributed by atoms with Crippen LogP contribution in [0.1, 0.15) is 6.92 Å². The quantitative estimate of drug-likeness (QED) is 0.622. The van der Waals surface area contributed by atoms with E-state index in [0.717, 1.165) is 15.8 Å². The van der Waals surface area contributed by atoms with Crippen LogP contribution in [0.15, 0.2) is 34.8 Å². The minimum atomic E-state index is -1.12. The fourth-order valence-corrected chi connectivity index (χ4v) is 5.68. The molecule has 1 aromatic carbocycles. The predicted molar refractivity (Wildman–Crippen MR) is 111 cm³/mol. The zero-order valence-corrected chi connectivity index (χ0v) is 17.1. The van der Waals surface area contributed by atoms with Crippen LogP contribution in [0, 0.1) is 0 Å². The van der Waals surface area contributed by atoms with Crippen molar-refractivity contribution in [1.82, 2.24) is 10.2 Å². The number of aliphatic carboxylic acids is 1. The van der Waals surface area contributed by atoms with E-state index in [0.29, 0.717) is 16.3 Å². The fourth-order valence-electron chi connectivity index (χ4n) is 3.31. The molecule has 0 saturated carbocycles. The van der Waals surface area contributed by atoms with E-state index in [-0.39, 0.29) is 23.5 Å². The maximum atomic E-state index is 12.4. The van der Waals surface area contributed by atoms with Gasteiger partial charge < -0.3 is 15.7 Å². The molecule has 0 spiro atoms. The molecule has 10 heteroatoms. The lowest BCUT2D eigenvalue weighted by Gasteiger charge is -2.49. The Labute approximate surface area is 173 Å². The first kappa shape index (κ1) is 19.1. The molecule has 0 aliphatic carbocycles. The van der Waals surface area contributed by atoms with E-state index < -0.39 is 17.9 Å². The molecule has 1 fully saturated rings. The first-order valence-electron chi connectivity index (χ1n) is 8.44. The van der Waals surface area contributed by atoms with Crippen LogP contribution in [0.2, 0.25) is 5.02 Å². The summed E-state index contributed by atoms with van der Waals surface area (Å²) >= 11 is 9.03. The van der Waals surface area contributed by atoms with Crippen molar-refractivity contribution in [3.63, 3.8) is 0 Å². The first-order valence-corrected chi connectivity index (χ1v) is 10.7. The van der Waals surface area contributed by atoms with E-state index in [1.165, 1.54) is 16.7 Å². The molecule has 2 aromatic rings. The van der Waals surface area contributed by atoms with Crippen molar-refractivity contribution in [3.05, 3.63) is 39.9 Å². The molecule has 2 aliphatic heterocycles. The molecule has 1 aromatic heterocycles. The van der Waals surface area contributed by atoms with Gasteiger partial charge in [0.05, 0.1) is 12.2 Å². The van der Waals surface area contributed by atoms with Crippen LogP contribution in [-0.2, 0) is 14.4 Å². The lowest BCUT2D eigenvalue weighted by molar-refractivity contribution is -0.150. The molecule has 0 bridgehead atoms. The Morgan fingerprint density at radius 3 is 2.93 bits per heavy atom. The van der Waals surface area contributed by atoms with Gasteiger partial charge in [0.15, 0.2) is 0 Å². The summed E-state index contributed by atoms with van der Waals surface area (Å²) in [6.07, 6.45) is 0. The van der Waals surface area contributed by atoms with E-state index in [1.807, 2.05) is 23.6 Å². The van der Waals surface area contributed by atoms with Crippen LogP contribution >= 0.6 is 34.7 Å². The summed E-state index contributed by atoms with van der Waals surface area (Å²) in [6.45, 7) is 1.70. The number of fused-ring (bicyclic) bond motifs is 2. The van der Waals surface area contributed by atoms with Crippen molar-refractivity contribution in [3.8, 4) is 0 Å². The van der Waals surface area contributed by atoms with Gasteiger partial charge in [-0.3, -0.25) is 14.5 Å². The summed E-state index contributed by atoms with van der Waals surface area (Å²) in [6, 6.07) is 4.86. The molecule has 28 heavy (non-hydrogen) atoms. The number of thioether (sulfide) groups is 1. The number of halogens is 1. The van der Waals surface area contributed by atoms with Crippen LogP contribution < -0.4 is 10.6 Å². The molecular formula is C18H16ClN3O4S2. The number of nitrogens with one attached hydrogen (secondary N) is 2. The number of anilines is 1. The van der Waals surface area contributed by atoms with Crippen LogP contribution in [0.3, 0.4) is 0 Å². The van der Waals surface area contributed by atoms with Crippen molar-refractivity contribution in [2.75, 3.05) is 17.6 Å². The Bertz CT molecular complexity index is 1040. The van der Waals surface area contributed by atoms with Crippen LogP contribution in [0.5, 0.6) is 0 Å². The molecule has 1 unspecified atom stereocenters. The summed E-state index contributed by atoms with van der Waals surface area (Å²) in [5, 5.41) is 18.2. The zero-order valence-electron chi connectivity index (χ0n) is 14.7. The Balaban J connectivity index is 1.39. The van der Waals surface area contributed by atoms with Gasteiger partial charge in [-0.25, -0.2) is 4.79 Å². The minimum Gasteiger partial charge on any atom is -0.477 e. The molecule has 3 N–H and O–H groups in total. The lowest BCUT2D eigenvalue weighted by Crippen LogP contribution is -2.70. The van der Waals surface area contributed by atoms with E-state index in [9.17, 15) is 19.5 Å². The average Bonchev–Trinajstić information content (AvgIpc) is 3.06. The number of nitrogens with zero attached hydrogens (tertiary/aromatic N) is 1. The van der Waals surface area contributed by atoms with Crippen molar-refractivity contribution in [2.24, 2.45) is 0 Å². The normalized spacial score (nSPS) is 21.4. The SMILES string of the molecule is CC1=C(C(=O)O)N2C(=O)C(NC(=O)CNc3csc4ccc(Cl)cc34)[C@@H]2SC1. The molecule has 2 atom stereocenters. The summed E-state index contributed by atoms with van der Waals surface area (Å²) in [5.74, 6) is -1.33. The Kier molecular flexibility index (Phi) is 4.98. The van der Waals surface area contributed by atoms with Gasteiger partial charge in [-0.2, -0.15) is 0 Å². The van der Waals surface area contributed by atoms with Crippen LogP contribution in [-0.4, -0.2) is 51.5 Å². The van der Waals surface area contributed by atoms with Crippen molar-refractivity contribution < 1.29 is 19.5 Å². The molecule has 1 saturated heterocycles. The summed E-state index contributed by atoms with van der Waals surface area (Å²) in [7, 11) is 0. The van der Waals surface area contributed by atoms with E-state index in [4.69, 9.17) is 11.6 Å². The number of carboxylic acid groups (broad SMARTS) is 1. The number of carboxylic acids is 1. The van der Waals surface area contributed by atoms with Gasteiger partial charge in [0.2, 0.25) is 5.91 Å². The second kappa shape index (κ2) is 7.31. The van der Waals surface area contributed by atoms with E-state index in [2.05, 4.69) is 10.6 Å². The van der Waals surface area contributed by atoms with Gasteiger partial charge in [-0.15, -0.1) is 23.1 Å². The topological polar surface area (TPSA) is 98.7 Å². The molecule has 3 heterocycles.